The second-order valence-corrected chi connectivity index (χ2v) is 7.15. The molecule has 7 heteroatoms. The zero-order valence-electron chi connectivity index (χ0n) is 12.8. The molecule has 24 heavy (non-hydrogen) atoms. The highest BCUT2D eigenvalue weighted by Gasteiger charge is 2.21. The number of amides is 1. The molecule has 4 rings (SSSR count). The van der Waals surface area contributed by atoms with Crippen molar-refractivity contribution in [1.82, 2.24) is 15.0 Å². The van der Waals surface area contributed by atoms with Crippen molar-refractivity contribution in [1.29, 1.82) is 0 Å². The normalized spacial score (nSPS) is 14.2. The molecule has 3 aromatic rings. The number of carbonyl (C=O) groups is 1. The van der Waals surface area contributed by atoms with E-state index in [2.05, 4.69) is 15.1 Å². The Morgan fingerprint density at radius 3 is 2.96 bits per heavy atom. The van der Waals surface area contributed by atoms with Gasteiger partial charge in [0.15, 0.2) is 0 Å². The monoisotopic (exact) mass is 354 g/mol. The van der Waals surface area contributed by atoms with Crippen LogP contribution in [0.2, 0.25) is 0 Å². The first-order valence-corrected chi connectivity index (χ1v) is 9.42. The zero-order chi connectivity index (χ0) is 16.4. The number of aromatic nitrogens is 2. The van der Waals surface area contributed by atoms with Crippen LogP contribution in [-0.2, 0) is 4.79 Å². The van der Waals surface area contributed by atoms with Crippen molar-refractivity contribution in [3.63, 3.8) is 0 Å². The predicted molar refractivity (Wildman–Crippen MR) is 97.4 cm³/mol. The Hall–Kier alpha value is -2.25. The van der Waals surface area contributed by atoms with Gasteiger partial charge in [0.2, 0.25) is 0 Å². The van der Waals surface area contributed by atoms with Crippen LogP contribution in [0.3, 0.4) is 0 Å². The number of hydrazone groups is 1. The van der Waals surface area contributed by atoms with Gasteiger partial charge >= 0.3 is 0 Å². The van der Waals surface area contributed by atoms with Gasteiger partial charge in [-0.15, -0.1) is 11.3 Å². The minimum absolute atomic E-state index is 0.00734. The predicted octanol–water partition coefficient (Wildman–Crippen LogP) is 3.42. The second-order valence-electron chi connectivity index (χ2n) is 5.29. The van der Waals surface area contributed by atoms with Gasteiger partial charge in [-0.25, -0.2) is 15.0 Å². The van der Waals surface area contributed by atoms with Crippen LogP contribution in [0.25, 0.3) is 10.2 Å². The lowest BCUT2D eigenvalue weighted by Crippen LogP contribution is -2.25. The molecule has 0 radical (unpaired) electrons. The van der Waals surface area contributed by atoms with E-state index in [1.807, 2.05) is 41.8 Å². The van der Waals surface area contributed by atoms with E-state index in [1.165, 1.54) is 11.8 Å². The first-order valence-electron chi connectivity index (χ1n) is 7.55. The lowest BCUT2D eigenvalue weighted by molar-refractivity contribution is -0.127. The maximum Gasteiger partial charge on any atom is 0.253 e. The summed E-state index contributed by atoms with van der Waals surface area (Å²) in [6, 6.07) is 12.0. The van der Waals surface area contributed by atoms with Crippen molar-refractivity contribution in [2.75, 3.05) is 12.3 Å². The summed E-state index contributed by atoms with van der Waals surface area (Å²) in [5.41, 5.74) is 2.05. The number of carbonyl (C=O) groups excluding carboxylic acids is 1. The van der Waals surface area contributed by atoms with Gasteiger partial charge in [0.05, 0.1) is 18.0 Å². The first-order chi connectivity index (χ1) is 11.8. The number of hydrogen-bond donors (Lipinski definition) is 0. The second kappa shape index (κ2) is 6.70. The molecule has 1 aromatic carbocycles. The lowest BCUT2D eigenvalue weighted by atomic mass is 10.1. The molecule has 0 unspecified atom stereocenters. The maximum atomic E-state index is 12.4. The Bertz CT molecular complexity index is 907. The van der Waals surface area contributed by atoms with E-state index in [0.29, 0.717) is 12.3 Å². The fraction of sp³-hybridized carbons (Fsp3) is 0.176. The number of thiophene rings is 1. The summed E-state index contributed by atoms with van der Waals surface area (Å²) in [5, 5.41) is 9.90. The molecule has 1 amide bonds. The van der Waals surface area contributed by atoms with E-state index in [9.17, 15) is 4.79 Å². The first kappa shape index (κ1) is 15.3. The Morgan fingerprint density at radius 2 is 2.08 bits per heavy atom. The summed E-state index contributed by atoms with van der Waals surface area (Å²) < 4.78 is 0. The van der Waals surface area contributed by atoms with Gasteiger partial charge in [0.25, 0.3) is 5.91 Å². The quantitative estimate of drug-likeness (QED) is 0.532. The standard InChI is InChI=1S/C17H14N4OS2/c22-15(10-24-17-13-7-9-23-16(13)18-11-19-17)21-8-6-14(20-21)12-4-2-1-3-5-12/h1-5,7,9,11H,6,8,10H2. The summed E-state index contributed by atoms with van der Waals surface area (Å²) in [7, 11) is 0. The van der Waals surface area contributed by atoms with E-state index < -0.39 is 0 Å². The molecular weight excluding hydrogens is 340 g/mol. The number of nitrogens with zero attached hydrogens (tertiary/aromatic N) is 4. The van der Waals surface area contributed by atoms with E-state index in [-0.39, 0.29) is 5.91 Å². The van der Waals surface area contributed by atoms with Gasteiger partial charge < -0.3 is 0 Å². The lowest BCUT2D eigenvalue weighted by Gasteiger charge is -2.10. The Morgan fingerprint density at radius 1 is 1.21 bits per heavy atom. The van der Waals surface area contributed by atoms with Crippen molar-refractivity contribution >= 4 is 44.9 Å². The number of rotatable bonds is 4. The highest BCUT2D eigenvalue weighted by Crippen LogP contribution is 2.28. The Labute approximate surface area is 147 Å². The number of fused-ring (bicyclic) bond motifs is 1. The molecule has 0 fully saturated rings. The highest BCUT2D eigenvalue weighted by molar-refractivity contribution is 8.00. The minimum atomic E-state index is 0.00734. The van der Waals surface area contributed by atoms with Gasteiger partial charge in [0.1, 0.15) is 16.2 Å². The van der Waals surface area contributed by atoms with Gasteiger partial charge in [-0.2, -0.15) is 5.10 Å². The molecule has 120 valence electrons. The van der Waals surface area contributed by atoms with Gasteiger partial charge in [-0.05, 0) is 17.0 Å². The van der Waals surface area contributed by atoms with E-state index in [1.54, 1.807) is 22.7 Å². The third-order valence-corrected chi connectivity index (χ3v) is 5.57. The van der Waals surface area contributed by atoms with Crippen molar-refractivity contribution in [2.24, 2.45) is 5.10 Å². The average molecular weight is 354 g/mol. The molecule has 0 N–H and O–H groups in total. The molecule has 3 heterocycles. The Kier molecular flexibility index (Phi) is 4.27. The third-order valence-electron chi connectivity index (χ3n) is 3.75. The van der Waals surface area contributed by atoms with Gasteiger partial charge in [-0.1, -0.05) is 42.1 Å². The molecule has 0 atom stereocenters. The smallest absolute Gasteiger partial charge is 0.253 e. The summed E-state index contributed by atoms with van der Waals surface area (Å²) in [6.07, 6.45) is 2.34. The fourth-order valence-electron chi connectivity index (χ4n) is 2.56. The van der Waals surface area contributed by atoms with Crippen LogP contribution in [-0.4, -0.2) is 38.9 Å². The summed E-state index contributed by atoms with van der Waals surface area (Å²) in [5.74, 6) is 0.334. The van der Waals surface area contributed by atoms with Crippen LogP contribution in [0, 0.1) is 0 Å². The van der Waals surface area contributed by atoms with E-state index in [0.717, 1.165) is 32.9 Å². The van der Waals surface area contributed by atoms with Crippen molar-refractivity contribution in [3.8, 4) is 0 Å². The molecule has 0 saturated heterocycles. The van der Waals surface area contributed by atoms with Crippen molar-refractivity contribution < 1.29 is 4.79 Å². The average Bonchev–Trinajstić information content (AvgIpc) is 3.30. The van der Waals surface area contributed by atoms with Crippen molar-refractivity contribution in [2.45, 2.75) is 11.4 Å². The van der Waals surface area contributed by atoms with Crippen LogP contribution in [0.4, 0.5) is 0 Å². The van der Waals surface area contributed by atoms with E-state index in [4.69, 9.17) is 0 Å². The molecule has 0 spiro atoms. The highest BCUT2D eigenvalue weighted by atomic mass is 32.2. The van der Waals surface area contributed by atoms with Crippen LogP contribution >= 0.6 is 23.1 Å². The number of benzene rings is 1. The molecule has 0 aliphatic carbocycles. The van der Waals surface area contributed by atoms with E-state index >= 15 is 0 Å². The Balaban J connectivity index is 1.44. The third kappa shape index (κ3) is 3.05. The molecular formula is C17H14N4OS2. The van der Waals surface area contributed by atoms with Crippen LogP contribution in [0.15, 0.2) is 58.2 Å². The van der Waals surface area contributed by atoms with Crippen LogP contribution in [0.1, 0.15) is 12.0 Å². The maximum absolute atomic E-state index is 12.4. The zero-order valence-corrected chi connectivity index (χ0v) is 14.4. The molecule has 5 nitrogen and oxygen atoms in total. The summed E-state index contributed by atoms with van der Waals surface area (Å²) in [6.45, 7) is 0.640. The molecule has 1 aliphatic heterocycles. The van der Waals surface area contributed by atoms with Gasteiger partial charge in [0, 0.05) is 11.8 Å². The van der Waals surface area contributed by atoms with Gasteiger partial charge in [-0.3, -0.25) is 4.79 Å². The topological polar surface area (TPSA) is 58.5 Å². The molecule has 0 bridgehead atoms. The van der Waals surface area contributed by atoms with Crippen LogP contribution < -0.4 is 0 Å². The summed E-state index contributed by atoms with van der Waals surface area (Å²) in [4.78, 5) is 21.9. The largest absolute Gasteiger partial charge is 0.272 e. The van der Waals surface area contributed by atoms with Crippen molar-refractivity contribution in [3.05, 3.63) is 53.7 Å². The fourth-order valence-corrected chi connectivity index (χ4v) is 4.21. The SMILES string of the molecule is O=C(CSc1ncnc2sccc12)N1CCC(c2ccccc2)=N1. The molecule has 1 aliphatic rings. The number of hydrogen-bond acceptors (Lipinski definition) is 6. The number of thioether (sulfide) groups is 1. The minimum Gasteiger partial charge on any atom is -0.272 e. The molecule has 0 saturated carbocycles. The summed E-state index contributed by atoms with van der Waals surface area (Å²) >= 11 is 3.02. The van der Waals surface area contributed by atoms with Crippen LogP contribution in [0.5, 0.6) is 0 Å². The molecule has 2 aromatic heterocycles.